The number of benzene rings is 3. The molecule has 5 heteroatoms. The van der Waals surface area contributed by atoms with Crippen LogP contribution in [0.5, 0.6) is 5.75 Å². The quantitative estimate of drug-likeness (QED) is 0.546. The molecule has 0 aliphatic carbocycles. The molecule has 1 heterocycles. The predicted molar refractivity (Wildman–Crippen MR) is 132 cm³/mol. The lowest BCUT2D eigenvalue weighted by molar-refractivity contribution is 0.0148. The predicted octanol–water partition coefficient (Wildman–Crippen LogP) is 5.02. The summed E-state index contributed by atoms with van der Waals surface area (Å²) in [6.45, 7) is 6.84. The highest BCUT2D eigenvalue weighted by Crippen LogP contribution is 2.35. The highest BCUT2D eigenvalue weighted by Gasteiger charge is 2.31. The lowest BCUT2D eigenvalue weighted by atomic mass is 9.93. The first-order valence-corrected chi connectivity index (χ1v) is 11.0. The minimum Gasteiger partial charge on any atom is -0.497 e. The van der Waals surface area contributed by atoms with E-state index in [1.807, 2.05) is 18.2 Å². The molecule has 3 aromatic carbocycles. The Hall–Kier alpha value is -2.37. The van der Waals surface area contributed by atoms with Crippen molar-refractivity contribution in [2.75, 3.05) is 33.3 Å². The average molecular weight is 453 g/mol. The summed E-state index contributed by atoms with van der Waals surface area (Å²) >= 11 is 0. The van der Waals surface area contributed by atoms with Crippen molar-refractivity contribution in [2.24, 2.45) is 0 Å². The molecule has 1 fully saturated rings. The Kier molecular flexibility index (Phi) is 8.71. The molecule has 0 radical (unpaired) electrons. The Balaban J connectivity index is 0.00000289. The number of hydrogen-bond donors (Lipinski definition) is 1. The van der Waals surface area contributed by atoms with Gasteiger partial charge < -0.3 is 9.84 Å². The molecule has 1 aliphatic heterocycles. The second-order valence-electron chi connectivity index (χ2n) is 8.37. The number of aliphatic hydroxyl groups excluding tert-OH is 1. The Morgan fingerprint density at radius 3 is 2.03 bits per heavy atom. The molecule has 2 atom stereocenters. The first-order chi connectivity index (χ1) is 15.1. The van der Waals surface area contributed by atoms with Crippen LogP contribution in [0.3, 0.4) is 0 Å². The van der Waals surface area contributed by atoms with Crippen molar-refractivity contribution in [3.63, 3.8) is 0 Å². The molecular weight excluding hydrogens is 420 g/mol. The van der Waals surface area contributed by atoms with Crippen molar-refractivity contribution in [1.29, 1.82) is 0 Å². The van der Waals surface area contributed by atoms with E-state index in [1.165, 1.54) is 16.7 Å². The summed E-state index contributed by atoms with van der Waals surface area (Å²) in [5.41, 5.74) is 4.65. The molecule has 0 aromatic heterocycles. The molecule has 1 N–H and O–H groups in total. The first-order valence-electron chi connectivity index (χ1n) is 11.0. The molecule has 0 bridgehead atoms. The van der Waals surface area contributed by atoms with Gasteiger partial charge in [-0.25, -0.2) is 0 Å². The maximum Gasteiger partial charge on any atom is 0.118 e. The second-order valence-corrected chi connectivity index (χ2v) is 8.37. The van der Waals surface area contributed by atoms with Crippen LogP contribution in [0.15, 0.2) is 78.9 Å². The van der Waals surface area contributed by atoms with Crippen molar-refractivity contribution < 1.29 is 9.84 Å². The maximum absolute atomic E-state index is 11.4. The summed E-state index contributed by atoms with van der Waals surface area (Å²) in [4.78, 5) is 4.92. The average Bonchev–Trinajstić information content (AvgIpc) is 2.82. The largest absolute Gasteiger partial charge is 0.497 e. The topological polar surface area (TPSA) is 35.9 Å². The van der Waals surface area contributed by atoms with Gasteiger partial charge in [-0.05, 0) is 35.7 Å². The highest BCUT2D eigenvalue weighted by molar-refractivity contribution is 5.85. The van der Waals surface area contributed by atoms with Gasteiger partial charge in [-0.2, -0.15) is 0 Å². The van der Waals surface area contributed by atoms with Gasteiger partial charge in [0.15, 0.2) is 0 Å². The van der Waals surface area contributed by atoms with E-state index in [-0.39, 0.29) is 18.4 Å². The van der Waals surface area contributed by atoms with Gasteiger partial charge in [0.1, 0.15) is 5.75 Å². The van der Waals surface area contributed by atoms with Crippen LogP contribution in [0, 0.1) is 6.92 Å². The van der Waals surface area contributed by atoms with Crippen molar-refractivity contribution in [2.45, 2.75) is 25.6 Å². The van der Waals surface area contributed by atoms with Crippen LogP contribution in [0.2, 0.25) is 0 Å². The first kappa shape index (κ1) is 24.3. The van der Waals surface area contributed by atoms with Crippen molar-refractivity contribution >= 4 is 12.4 Å². The van der Waals surface area contributed by atoms with Crippen LogP contribution in [0.1, 0.15) is 34.4 Å². The van der Waals surface area contributed by atoms with Crippen LogP contribution < -0.4 is 4.74 Å². The molecule has 4 nitrogen and oxygen atoms in total. The summed E-state index contributed by atoms with van der Waals surface area (Å²) in [5, 5.41) is 11.4. The van der Waals surface area contributed by atoms with E-state index in [2.05, 4.69) is 77.4 Å². The van der Waals surface area contributed by atoms with E-state index in [9.17, 15) is 5.11 Å². The molecule has 4 rings (SSSR count). The van der Waals surface area contributed by atoms with E-state index in [4.69, 9.17) is 4.74 Å². The summed E-state index contributed by atoms with van der Waals surface area (Å²) < 4.78 is 5.26. The molecule has 0 amide bonds. The fourth-order valence-electron chi connectivity index (χ4n) is 4.38. The number of nitrogens with zero attached hydrogens (tertiary/aromatic N) is 2. The summed E-state index contributed by atoms with van der Waals surface area (Å²) in [7, 11) is 1.70. The molecule has 2 unspecified atom stereocenters. The molecule has 3 aromatic rings. The van der Waals surface area contributed by atoms with E-state index < -0.39 is 6.10 Å². The van der Waals surface area contributed by atoms with E-state index in [0.717, 1.165) is 44.0 Å². The van der Waals surface area contributed by atoms with Gasteiger partial charge in [-0.1, -0.05) is 72.3 Å². The van der Waals surface area contributed by atoms with Crippen LogP contribution in [-0.2, 0) is 6.54 Å². The Morgan fingerprint density at radius 2 is 1.44 bits per heavy atom. The number of aryl methyl sites for hydroxylation is 1. The zero-order valence-corrected chi connectivity index (χ0v) is 19.7. The Labute approximate surface area is 197 Å². The Bertz CT molecular complexity index is 940. The molecule has 1 saturated heterocycles. The maximum atomic E-state index is 11.4. The van der Waals surface area contributed by atoms with E-state index in [0.29, 0.717) is 0 Å². The van der Waals surface area contributed by atoms with Gasteiger partial charge in [0.25, 0.3) is 0 Å². The minimum atomic E-state index is -0.559. The molecule has 32 heavy (non-hydrogen) atoms. The smallest absolute Gasteiger partial charge is 0.118 e. The lowest BCUT2D eigenvalue weighted by Crippen LogP contribution is -2.48. The van der Waals surface area contributed by atoms with Crippen LogP contribution in [0.25, 0.3) is 0 Å². The number of halogens is 1. The minimum absolute atomic E-state index is 0. The molecular formula is C27H33ClN2O2. The van der Waals surface area contributed by atoms with Gasteiger partial charge in [-0.3, -0.25) is 9.80 Å². The number of hydrogen-bond acceptors (Lipinski definition) is 4. The third kappa shape index (κ3) is 5.90. The SMILES string of the molecule is COc1ccc(CN2CCN(C(c3ccccc3)C(O)c3ccc(C)cc3)CC2)cc1.Cl. The summed E-state index contributed by atoms with van der Waals surface area (Å²) in [6.07, 6.45) is -0.559. The number of rotatable bonds is 7. The standard InChI is InChI=1S/C27H32N2O2.ClH/c1-21-8-12-24(13-9-21)27(30)26(23-6-4-3-5-7-23)29-18-16-28(17-19-29)20-22-10-14-25(31-2)15-11-22;/h3-15,26-27,30H,16-20H2,1-2H3;1H. The zero-order chi connectivity index (χ0) is 21.6. The van der Waals surface area contributed by atoms with Crippen molar-refractivity contribution in [1.82, 2.24) is 9.80 Å². The van der Waals surface area contributed by atoms with E-state index in [1.54, 1.807) is 7.11 Å². The zero-order valence-electron chi connectivity index (χ0n) is 18.9. The van der Waals surface area contributed by atoms with Gasteiger partial charge in [-0.15, -0.1) is 12.4 Å². The van der Waals surface area contributed by atoms with Crippen molar-refractivity contribution in [3.8, 4) is 5.75 Å². The summed E-state index contributed by atoms with van der Waals surface area (Å²) in [6, 6.07) is 26.9. The number of aliphatic hydroxyl groups is 1. The van der Waals surface area contributed by atoms with Gasteiger partial charge >= 0.3 is 0 Å². The lowest BCUT2D eigenvalue weighted by Gasteiger charge is -2.41. The fourth-order valence-corrected chi connectivity index (χ4v) is 4.38. The normalized spacial score (nSPS) is 16.7. The molecule has 0 spiro atoms. The van der Waals surface area contributed by atoms with Gasteiger partial charge in [0, 0.05) is 32.7 Å². The monoisotopic (exact) mass is 452 g/mol. The summed E-state index contributed by atoms with van der Waals surface area (Å²) in [5.74, 6) is 0.893. The third-order valence-electron chi connectivity index (χ3n) is 6.22. The van der Waals surface area contributed by atoms with Gasteiger partial charge in [0.2, 0.25) is 0 Å². The van der Waals surface area contributed by atoms with E-state index >= 15 is 0 Å². The van der Waals surface area contributed by atoms with Gasteiger partial charge in [0.05, 0.1) is 19.3 Å². The highest BCUT2D eigenvalue weighted by atomic mass is 35.5. The molecule has 170 valence electrons. The number of ether oxygens (including phenoxy) is 1. The molecule has 0 saturated carbocycles. The van der Waals surface area contributed by atoms with Crippen LogP contribution in [-0.4, -0.2) is 48.2 Å². The Morgan fingerprint density at radius 1 is 0.812 bits per heavy atom. The number of methoxy groups -OCH3 is 1. The fraction of sp³-hybridized carbons (Fsp3) is 0.333. The number of piperazine rings is 1. The molecule has 1 aliphatic rings. The second kappa shape index (κ2) is 11.5. The van der Waals surface area contributed by atoms with Crippen LogP contribution >= 0.6 is 12.4 Å². The third-order valence-corrected chi connectivity index (χ3v) is 6.22. The van der Waals surface area contributed by atoms with Crippen LogP contribution in [0.4, 0.5) is 0 Å². The van der Waals surface area contributed by atoms with Crippen molar-refractivity contribution in [3.05, 3.63) is 101 Å².